The van der Waals surface area contributed by atoms with Crippen molar-refractivity contribution in [3.63, 3.8) is 0 Å². The average molecular weight is 405 g/mol. The molecule has 1 aliphatic carbocycles. The second-order valence-electron chi connectivity index (χ2n) is 8.10. The van der Waals surface area contributed by atoms with E-state index in [2.05, 4.69) is 15.3 Å². The lowest BCUT2D eigenvalue weighted by atomic mass is 9.92. The maximum Gasteiger partial charge on any atom is 0.287 e. The number of amides is 2. The van der Waals surface area contributed by atoms with Gasteiger partial charge in [0, 0.05) is 37.7 Å². The van der Waals surface area contributed by atoms with Crippen molar-refractivity contribution >= 4 is 11.8 Å². The summed E-state index contributed by atoms with van der Waals surface area (Å²) in [5.74, 6) is 0.841. The van der Waals surface area contributed by atoms with E-state index in [1.165, 1.54) is 0 Å². The largest absolute Gasteiger partial charge is 0.454 e. The quantitative estimate of drug-likeness (QED) is 0.703. The lowest BCUT2D eigenvalue weighted by Crippen LogP contribution is -2.42. The maximum absolute atomic E-state index is 12.6. The summed E-state index contributed by atoms with van der Waals surface area (Å²) >= 11 is 0. The van der Waals surface area contributed by atoms with Crippen LogP contribution in [0.5, 0.6) is 0 Å². The van der Waals surface area contributed by atoms with E-state index in [4.69, 9.17) is 4.42 Å². The standard InChI is InChI=1S/C22H23N5O3/c28-20(18-5-4-16(30-18)14-26-12-9-23-15-26)25-19-13-22(19)6-10-27(11-7-22)21(29)17-3-1-2-8-24-17/h1-5,8-9,12,15,19H,6-7,10-11,13-14H2,(H,25,28). The molecule has 2 amide bonds. The van der Waals surface area contributed by atoms with Crippen molar-refractivity contribution in [2.24, 2.45) is 5.41 Å². The molecule has 1 atom stereocenters. The molecule has 1 N–H and O–H groups in total. The smallest absolute Gasteiger partial charge is 0.287 e. The highest BCUT2D eigenvalue weighted by molar-refractivity contribution is 5.93. The van der Waals surface area contributed by atoms with Crippen LogP contribution in [0.4, 0.5) is 0 Å². The second kappa shape index (κ2) is 7.44. The van der Waals surface area contributed by atoms with Gasteiger partial charge in [0.15, 0.2) is 5.76 Å². The van der Waals surface area contributed by atoms with Crippen LogP contribution in [0.1, 0.15) is 46.1 Å². The summed E-state index contributed by atoms with van der Waals surface area (Å²) in [5.41, 5.74) is 0.585. The molecule has 2 fully saturated rings. The molecule has 1 saturated heterocycles. The Morgan fingerprint density at radius 2 is 2.03 bits per heavy atom. The van der Waals surface area contributed by atoms with Crippen LogP contribution in [0.2, 0.25) is 0 Å². The van der Waals surface area contributed by atoms with Crippen molar-refractivity contribution in [3.05, 3.63) is 72.5 Å². The number of pyridine rings is 1. The minimum atomic E-state index is -0.180. The number of nitrogens with zero attached hydrogens (tertiary/aromatic N) is 4. The molecule has 0 bridgehead atoms. The van der Waals surface area contributed by atoms with E-state index >= 15 is 0 Å². The van der Waals surface area contributed by atoms with Gasteiger partial charge in [-0.15, -0.1) is 0 Å². The zero-order valence-electron chi connectivity index (χ0n) is 16.5. The third-order valence-corrected chi connectivity index (χ3v) is 6.21. The number of aromatic nitrogens is 3. The van der Waals surface area contributed by atoms with Gasteiger partial charge >= 0.3 is 0 Å². The summed E-state index contributed by atoms with van der Waals surface area (Å²) < 4.78 is 7.59. The summed E-state index contributed by atoms with van der Waals surface area (Å²) in [4.78, 5) is 35.2. The fourth-order valence-corrected chi connectivity index (χ4v) is 4.29. The summed E-state index contributed by atoms with van der Waals surface area (Å²) in [5, 5.41) is 3.11. The number of likely N-dealkylation sites (tertiary alicyclic amines) is 1. The Kier molecular flexibility index (Phi) is 4.61. The molecule has 4 heterocycles. The number of furan rings is 1. The molecule has 0 radical (unpaired) electrons. The lowest BCUT2D eigenvalue weighted by molar-refractivity contribution is 0.0661. The van der Waals surface area contributed by atoms with Crippen LogP contribution in [-0.2, 0) is 6.54 Å². The SMILES string of the molecule is O=C(NC1CC12CCN(C(=O)c1ccccn1)CC2)c1ccc(Cn2ccnc2)o1. The van der Waals surface area contributed by atoms with Gasteiger partial charge in [-0.2, -0.15) is 0 Å². The maximum atomic E-state index is 12.6. The number of hydrogen-bond donors (Lipinski definition) is 1. The average Bonchev–Trinajstić information content (AvgIpc) is 3.16. The van der Waals surface area contributed by atoms with Gasteiger partial charge in [0.1, 0.15) is 11.5 Å². The van der Waals surface area contributed by atoms with Crippen LogP contribution >= 0.6 is 0 Å². The molecule has 3 aromatic heterocycles. The summed E-state index contributed by atoms with van der Waals surface area (Å²) in [6, 6.07) is 9.05. The van der Waals surface area contributed by atoms with Crippen molar-refractivity contribution in [1.29, 1.82) is 0 Å². The van der Waals surface area contributed by atoms with Crippen molar-refractivity contribution in [1.82, 2.24) is 24.8 Å². The van der Waals surface area contributed by atoms with E-state index < -0.39 is 0 Å². The lowest BCUT2D eigenvalue weighted by Gasteiger charge is -2.32. The molecule has 2 aliphatic rings. The Morgan fingerprint density at radius 1 is 1.17 bits per heavy atom. The van der Waals surface area contributed by atoms with Crippen molar-refractivity contribution in [2.45, 2.75) is 31.8 Å². The molecular formula is C22H23N5O3. The van der Waals surface area contributed by atoms with Gasteiger partial charge in [0.05, 0.1) is 12.9 Å². The van der Waals surface area contributed by atoms with Gasteiger partial charge in [0.25, 0.3) is 11.8 Å². The third kappa shape index (κ3) is 3.60. The zero-order chi connectivity index (χ0) is 20.6. The fraction of sp³-hybridized carbons (Fsp3) is 0.364. The monoisotopic (exact) mass is 405 g/mol. The minimum absolute atomic E-state index is 0.0207. The van der Waals surface area contributed by atoms with Crippen LogP contribution in [0, 0.1) is 5.41 Å². The van der Waals surface area contributed by atoms with E-state index in [-0.39, 0.29) is 23.3 Å². The predicted molar refractivity (Wildman–Crippen MR) is 108 cm³/mol. The van der Waals surface area contributed by atoms with Gasteiger partial charge in [-0.25, -0.2) is 4.98 Å². The molecule has 8 heteroatoms. The Morgan fingerprint density at radius 3 is 2.77 bits per heavy atom. The molecule has 1 spiro atoms. The molecule has 3 aromatic rings. The van der Waals surface area contributed by atoms with E-state index in [1.54, 1.807) is 36.9 Å². The van der Waals surface area contributed by atoms with Crippen LogP contribution in [-0.4, -0.2) is 50.4 Å². The normalized spacial score (nSPS) is 19.6. The Labute approximate surface area is 173 Å². The molecule has 8 nitrogen and oxygen atoms in total. The minimum Gasteiger partial charge on any atom is -0.454 e. The molecule has 1 saturated carbocycles. The van der Waals surface area contributed by atoms with Gasteiger partial charge in [-0.3, -0.25) is 14.6 Å². The highest BCUT2D eigenvalue weighted by Crippen LogP contribution is 2.54. The molecule has 154 valence electrons. The Bertz CT molecular complexity index is 1040. The van der Waals surface area contributed by atoms with Gasteiger partial charge in [-0.05, 0) is 48.9 Å². The third-order valence-electron chi connectivity index (χ3n) is 6.21. The molecule has 0 aromatic carbocycles. The van der Waals surface area contributed by atoms with Crippen LogP contribution in [0.3, 0.4) is 0 Å². The van der Waals surface area contributed by atoms with Gasteiger partial charge in [-0.1, -0.05) is 6.07 Å². The number of piperidine rings is 1. The fourth-order valence-electron chi connectivity index (χ4n) is 4.29. The number of nitrogens with one attached hydrogen (secondary N) is 1. The van der Waals surface area contributed by atoms with Gasteiger partial charge in [0.2, 0.25) is 0 Å². The second-order valence-corrected chi connectivity index (χ2v) is 8.10. The first-order valence-electron chi connectivity index (χ1n) is 10.2. The highest BCUT2D eigenvalue weighted by atomic mass is 16.4. The molecule has 1 aliphatic heterocycles. The summed E-state index contributed by atoms with van der Waals surface area (Å²) in [6.07, 6.45) is 9.63. The molecule has 30 heavy (non-hydrogen) atoms. The predicted octanol–water partition coefficient (Wildman–Crippen LogP) is 2.34. The number of rotatable bonds is 5. The Balaban J connectivity index is 1.14. The highest BCUT2D eigenvalue weighted by Gasteiger charge is 2.56. The summed E-state index contributed by atoms with van der Waals surface area (Å²) in [6.45, 7) is 1.93. The van der Waals surface area contributed by atoms with Gasteiger partial charge < -0.3 is 19.2 Å². The van der Waals surface area contributed by atoms with E-state index in [0.29, 0.717) is 36.8 Å². The zero-order valence-corrected chi connectivity index (χ0v) is 16.5. The first-order chi connectivity index (χ1) is 14.6. The van der Waals surface area contributed by atoms with Crippen molar-refractivity contribution < 1.29 is 14.0 Å². The topological polar surface area (TPSA) is 93.3 Å². The van der Waals surface area contributed by atoms with Crippen LogP contribution < -0.4 is 5.32 Å². The van der Waals surface area contributed by atoms with E-state index in [1.807, 2.05) is 27.8 Å². The van der Waals surface area contributed by atoms with E-state index in [0.717, 1.165) is 19.3 Å². The van der Waals surface area contributed by atoms with Crippen LogP contribution in [0.25, 0.3) is 0 Å². The van der Waals surface area contributed by atoms with Crippen molar-refractivity contribution in [3.8, 4) is 0 Å². The molecular weight excluding hydrogens is 382 g/mol. The van der Waals surface area contributed by atoms with Crippen LogP contribution in [0.15, 0.2) is 59.7 Å². The Hall–Kier alpha value is -3.42. The first kappa shape index (κ1) is 18.6. The molecule has 1 unspecified atom stereocenters. The number of carbonyl (C=O) groups excluding carboxylic acids is 2. The number of carbonyl (C=O) groups is 2. The molecule has 5 rings (SSSR count). The number of hydrogen-bond acceptors (Lipinski definition) is 5. The summed E-state index contributed by atoms with van der Waals surface area (Å²) in [7, 11) is 0. The number of imidazole rings is 1. The van der Waals surface area contributed by atoms with Crippen molar-refractivity contribution in [2.75, 3.05) is 13.1 Å². The first-order valence-corrected chi connectivity index (χ1v) is 10.2. The van der Waals surface area contributed by atoms with E-state index in [9.17, 15) is 9.59 Å².